The van der Waals surface area contributed by atoms with Gasteiger partial charge in [-0.1, -0.05) is 18.2 Å². The number of hydrogen-bond acceptors (Lipinski definition) is 6. The van der Waals surface area contributed by atoms with Crippen LogP contribution in [0.3, 0.4) is 0 Å². The summed E-state index contributed by atoms with van der Waals surface area (Å²) >= 11 is 0. The van der Waals surface area contributed by atoms with Gasteiger partial charge in [0.25, 0.3) is 0 Å². The molecular weight excluding hydrogens is 489 g/mol. The summed E-state index contributed by atoms with van der Waals surface area (Å²) in [5.74, 6) is -1.27. The standard InChI is InChI=1S/C29H30FN3O5/c1-29(2,3)38-28(36)33-22-8-6-19(12-22)25(33)26(34)32-21(14-31)11-18-5-4-17(13-24(18)30)16-7-9-23-20(10-16)15-37-27(23)35/h4-5,7,9-10,13,19,21-22,25H,6,8,11-12,15H2,1-3H3,(H,32,34). The monoisotopic (exact) mass is 519 g/mol. The van der Waals surface area contributed by atoms with E-state index >= 15 is 4.39 Å². The van der Waals surface area contributed by atoms with Crippen LogP contribution < -0.4 is 5.32 Å². The van der Waals surface area contributed by atoms with Crippen molar-refractivity contribution in [3.63, 3.8) is 0 Å². The minimum Gasteiger partial charge on any atom is -0.457 e. The van der Waals surface area contributed by atoms with E-state index in [4.69, 9.17) is 9.47 Å². The Balaban J connectivity index is 1.28. The first-order chi connectivity index (χ1) is 18.0. The van der Waals surface area contributed by atoms with Gasteiger partial charge in [0, 0.05) is 18.0 Å². The first kappa shape index (κ1) is 25.7. The SMILES string of the molecule is CC(C)(C)OC(=O)N1C2CCC(C2)C1C(=O)NC(C#N)Cc1ccc(-c2ccc3c(c2)COC3=O)cc1F. The molecule has 0 aromatic heterocycles. The van der Waals surface area contributed by atoms with Gasteiger partial charge in [-0.2, -0.15) is 5.26 Å². The van der Waals surface area contributed by atoms with Crippen LogP contribution in [0, 0.1) is 23.1 Å². The maximum absolute atomic E-state index is 15.1. The number of rotatable bonds is 5. The van der Waals surface area contributed by atoms with Gasteiger partial charge in [0.05, 0.1) is 11.6 Å². The summed E-state index contributed by atoms with van der Waals surface area (Å²) in [4.78, 5) is 39.3. The first-order valence-electron chi connectivity index (χ1n) is 12.8. The third-order valence-electron chi connectivity index (χ3n) is 7.42. The van der Waals surface area contributed by atoms with Crippen molar-refractivity contribution >= 4 is 18.0 Å². The predicted octanol–water partition coefficient (Wildman–Crippen LogP) is 4.50. The highest BCUT2D eigenvalue weighted by Gasteiger charge is 2.52. The predicted molar refractivity (Wildman–Crippen MR) is 135 cm³/mol. The van der Waals surface area contributed by atoms with Gasteiger partial charge in [0.1, 0.15) is 30.1 Å². The summed E-state index contributed by atoms with van der Waals surface area (Å²) in [6.07, 6.45) is 1.84. The number of nitrogens with zero attached hydrogens (tertiary/aromatic N) is 2. The summed E-state index contributed by atoms with van der Waals surface area (Å²) in [6.45, 7) is 5.53. The number of amides is 2. The zero-order valence-corrected chi connectivity index (χ0v) is 21.6. The Hall–Kier alpha value is -3.93. The molecule has 3 aliphatic rings. The Bertz CT molecular complexity index is 1340. The Labute approximate surface area is 220 Å². The molecule has 2 bridgehead atoms. The normalized spacial score (nSPS) is 22.4. The molecule has 2 aliphatic heterocycles. The lowest BCUT2D eigenvalue weighted by atomic mass is 9.96. The van der Waals surface area contributed by atoms with Crippen LogP contribution in [-0.2, 0) is 27.3 Å². The van der Waals surface area contributed by atoms with Crippen LogP contribution in [0.15, 0.2) is 36.4 Å². The summed E-state index contributed by atoms with van der Waals surface area (Å²) < 4.78 is 25.7. The van der Waals surface area contributed by atoms with E-state index in [1.807, 2.05) is 0 Å². The topological polar surface area (TPSA) is 109 Å². The number of halogens is 1. The Kier molecular flexibility index (Phi) is 6.59. The van der Waals surface area contributed by atoms with Crippen molar-refractivity contribution < 1.29 is 28.2 Å². The van der Waals surface area contributed by atoms with E-state index in [1.165, 1.54) is 11.0 Å². The number of piperidine rings is 1. The number of cyclic esters (lactones) is 1. The van der Waals surface area contributed by atoms with Crippen LogP contribution in [0.4, 0.5) is 9.18 Å². The molecule has 2 fully saturated rings. The maximum atomic E-state index is 15.1. The molecule has 8 nitrogen and oxygen atoms in total. The fraction of sp³-hybridized carbons (Fsp3) is 0.448. The zero-order valence-electron chi connectivity index (χ0n) is 21.6. The summed E-state index contributed by atoms with van der Waals surface area (Å²) in [5, 5.41) is 12.5. The van der Waals surface area contributed by atoms with E-state index in [2.05, 4.69) is 11.4 Å². The van der Waals surface area contributed by atoms with E-state index in [0.29, 0.717) is 11.1 Å². The smallest absolute Gasteiger partial charge is 0.411 e. The molecule has 1 aliphatic carbocycles. The average molecular weight is 520 g/mol. The molecule has 2 aromatic carbocycles. The number of ether oxygens (including phenoxy) is 2. The highest BCUT2D eigenvalue weighted by molar-refractivity contribution is 5.94. The van der Waals surface area contributed by atoms with E-state index in [9.17, 15) is 19.6 Å². The Morgan fingerprint density at radius 2 is 1.95 bits per heavy atom. The number of benzene rings is 2. The second kappa shape index (κ2) is 9.75. The number of likely N-dealkylation sites (tertiary alicyclic amines) is 1. The molecule has 4 unspecified atom stereocenters. The van der Waals surface area contributed by atoms with E-state index < -0.39 is 35.5 Å². The lowest BCUT2D eigenvalue weighted by Gasteiger charge is -2.35. The number of nitriles is 1. The first-order valence-corrected chi connectivity index (χ1v) is 12.8. The van der Waals surface area contributed by atoms with Crippen LogP contribution in [0.2, 0.25) is 0 Å². The van der Waals surface area contributed by atoms with Gasteiger partial charge < -0.3 is 14.8 Å². The average Bonchev–Trinajstić information content (AvgIpc) is 3.58. The molecule has 0 spiro atoms. The number of hydrogen-bond donors (Lipinski definition) is 1. The summed E-state index contributed by atoms with van der Waals surface area (Å²) in [5.41, 5.74) is 2.24. The van der Waals surface area contributed by atoms with Gasteiger partial charge in [-0.25, -0.2) is 14.0 Å². The lowest BCUT2D eigenvalue weighted by molar-refractivity contribution is -0.128. The summed E-state index contributed by atoms with van der Waals surface area (Å²) in [6, 6.07) is 10.3. The number of fused-ring (bicyclic) bond motifs is 3. The molecule has 9 heteroatoms. The van der Waals surface area contributed by atoms with E-state index in [-0.39, 0.29) is 36.5 Å². The van der Waals surface area contributed by atoms with Crippen LogP contribution in [0.5, 0.6) is 0 Å². The van der Waals surface area contributed by atoms with Crippen LogP contribution in [0.25, 0.3) is 11.1 Å². The number of carbonyl (C=O) groups excluding carboxylic acids is 3. The molecular formula is C29H30FN3O5. The van der Waals surface area contributed by atoms with Crippen molar-refractivity contribution in [1.82, 2.24) is 10.2 Å². The molecule has 2 aromatic rings. The van der Waals surface area contributed by atoms with Crippen molar-refractivity contribution in [2.45, 2.75) is 76.8 Å². The largest absolute Gasteiger partial charge is 0.457 e. The fourth-order valence-corrected chi connectivity index (χ4v) is 5.71. The minimum atomic E-state index is -0.967. The third-order valence-corrected chi connectivity index (χ3v) is 7.42. The van der Waals surface area contributed by atoms with Crippen molar-refractivity contribution in [3.05, 3.63) is 58.9 Å². The number of carbonyl (C=O) groups is 3. The quantitative estimate of drug-likeness (QED) is 0.583. The van der Waals surface area contributed by atoms with Gasteiger partial charge >= 0.3 is 12.1 Å². The minimum absolute atomic E-state index is 0.0101. The zero-order chi connectivity index (χ0) is 27.2. The molecule has 1 saturated carbocycles. The number of esters is 1. The molecule has 1 saturated heterocycles. The van der Waals surface area contributed by atoms with Gasteiger partial charge in [-0.05, 0) is 80.8 Å². The second-order valence-electron chi connectivity index (χ2n) is 11.2. The lowest BCUT2D eigenvalue weighted by Crippen LogP contribution is -2.55. The van der Waals surface area contributed by atoms with Crippen molar-refractivity contribution in [2.24, 2.45) is 5.92 Å². The van der Waals surface area contributed by atoms with Crippen LogP contribution in [-0.4, -0.2) is 46.6 Å². The van der Waals surface area contributed by atoms with Gasteiger partial charge in [-0.3, -0.25) is 9.69 Å². The highest BCUT2D eigenvalue weighted by Crippen LogP contribution is 2.43. The van der Waals surface area contributed by atoms with Crippen molar-refractivity contribution in [1.29, 1.82) is 5.26 Å². The molecule has 5 rings (SSSR count). The second-order valence-corrected chi connectivity index (χ2v) is 11.2. The molecule has 4 atom stereocenters. The van der Waals surface area contributed by atoms with Crippen molar-refractivity contribution in [3.8, 4) is 17.2 Å². The van der Waals surface area contributed by atoms with Crippen LogP contribution >= 0.6 is 0 Å². The third kappa shape index (κ3) is 4.95. The Morgan fingerprint density at radius 3 is 2.66 bits per heavy atom. The molecule has 2 heterocycles. The van der Waals surface area contributed by atoms with Gasteiger partial charge in [0.2, 0.25) is 5.91 Å². The maximum Gasteiger partial charge on any atom is 0.411 e. The molecule has 38 heavy (non-hydrogen) atoms. The highest BCUT2D eigenvalue weighted by atomic mass is 19.1. The fourth-order valence-electron chi connectivity index (χ4n) is 5.71. The van der Waals surface area contributed by atoms with Crippen LogP contribution in [0.1, 0.15) is 61.5 Å². The Morgan fingerprint density at radius 1 is 1.21 bits per heavy atom. The molecule has 1 N–H and O–H groups in total. The van der Waals surface area contributed by atoms with Gasteiger partial charge in [0.15, 0.2) is 0 Å². The van der Waals surface area contributed by atoms with Crippen molar-refractivity contribution in [2.75, 3.05) is 0 Å². The van der Waals surface area contributed by atoms with E-state index in [0.717, 1.165) is 30.4 Å². The summed E-state index contributed by atoms with van der Waals surface area (Å²) in [7, 11) is 0. The molecule has 2 amide bonds. The van der Waals surface area contributed by atoms with E-state index in [1.54, 1.807) is 51.1 Å². The molecule has 0 radical (unpaired) electrons. The van der Waals surface area contributed by atoms with Gasteiger partial charge in [-0.15, -0.1) is 0 Å². The molecule has 198 valence electrons. The number of nitrogens with one attached hydrogen (secondary N) is 1.